The molecule has 6 heteroatoms. The van der Waals surface area contributed by atoms with Crippen LogP contribution < -0.4 is 0 Å². The largest absolute Gasteiger partial charge is 0.481 e. The van der Waals surface area contributed by atoms with Gasteiger partial charge in [-0.3, -0.25) is 8.98 Å². The number of rotatable bonds is 7. The van der Waals surface area contributed by atoms with Gasteiger partial charge >= 0.3 is 5.97 Å². The number of carbonyl (C=O) groups is 1. The highest BCUT2D eigenvalue weighted by atomic mass is 32.2. The first kappa shape index (κ1) is 18.6. The maximum atomic E-state index is 12.2. The minimum Gasteiger partial charge on any atom is -0.481 e. The number of benzene rings is 1. The molecule has 0 fully saturated rings. The van der Waals surface area contributed by atoms with E-state index < -0.39 is 22.2 Å². The summed E-state index contributed by atoms with van der Waals surface area (Å²) in [5, 5.41) is 8.94. The Labute approximate surface area is 132 Å². The molecule has 0 bridgehead atoms. The van der Waals surface area contributed by atoms with Crippen molar-refractivity contribution < 1.29 is 22.5 Å². The molecule has 1 aromatic rings. The van der Waals surface area contributed by atoms with Crippen LogP contribution >= 0.6 is 0 Å². The summed E-state index contributed by atoms with van der Waals surface area (Å²) in [4.78, 5) is 11.0. The lowest BCUT2D eigenvalue weighted by atomic mass is 9.89. The van der Waals surface area contributed by atoms with Crippen LogP contribution in [0.25, 0.3) is 0 Å². The molecule has 0 spiro atoms. The number of hydrogen-bond donors (Lipinski definition) is 1. The van der Waals surface area contributed by atoms with Gasteiger partial charge in [-0.05, 0) is 37.3 Å². The van der Waals surface area contributed by atoms with E-state index in [0.29, 0.717) is 12.8 Å². The maximum Gasteiger partial charge on any atom is 0.306 e. The molecule has 0 aliphatic rings. The van der Waals surface area contributed by atoms with Gasteiger partial charge in [0.15, 0.2) is 0 Å². The van der Waals surface area contributed by atoms with Crippen molar-refractivity contribution in [1.82, 2.24) is 0 Å². The van der Waals surface area contributed by atoms with Gasteiger partial charge < -0.3 is 5.11 Å². The molecule has 1 N–H and O–H groups in total. The lowest BCUT2D eigenvalue weighted by Crippen LogP contribution is -2.23. The van der Waals surface area contributed by atoms with Crippen LogP contribution in [0.2, 0.25) is 0 Å². The van der Waals surface area contributed by atoms with Crippen LogP contribution in [-0.2, 0) is 19.1 Å². The first-order valence-corrected chi connectivity index (χ1v) is 8.62. The Kier molecular flexibility index (Phi) is 6.14. The molecular formula is C16H24O5S. The molecule has 0 amide bonds. The molecule has 1 atom stereocenters. The monoisotopic (exact) mass is 328 g/mol. The molecule has 5 nitrogen and oxygen atoms in total. The fourth-order valence-electron chi connectivity index (χ4n) is 1.91. The molecule has 1 rings (SSSR count). The third kappa shape index (κ3) is 6.58. The molecule has 0 aliphatic carbocycles. The molecule has 22 heavy (non-hydrogen) atoms. The second-order valence-electron chi connectivity index (χ2n) is 6.68. The van der Waals surface area contributed by atoms with E-state index >= 15 is 0 Å². The molecule has 1 aromatic carbocycles. The second-order valence-corrected chi connectivity index (χ2v) is 8.25. The maximum absolute atomic E-state index is 12.2. The topological polar surface area (TPSA) is 80.7 Å². The first-order valence-electron chi connectivity index (χ1n) is 7.21. The average Bonchev–Trinajstić information content (AvgIpc) is 2.34. The highest BCUT2D eigenvalue weighted by Crippen LogP contribution is 2.25. The summed E-state index contributed by atoms with van der Waals surface area (Å²) in [7, 11) is -3.95. The van der Waals surface area contributed by atoms with E-state index in [0.717, 1.165) is 5.56 Å². The summed E-state index contributed by atoms with van der Waals surface area (Å²) in [6.07, 6.45) is -0.140. The molecule has 0 aliphatic heterocycles. The highest BCUT2D eigenvalue weighted by molar-refractivity contribution is 7.86. The minimum atomic E-state index is -3.95. The van der Waals surface area contributed by atoms with E-state index in [9.17, 15) is 13.2 Å². The lowest BCUT2D eigenvalue weighted by molar-refractivity contribution is -0.138. The Morgan fingerprint density at radius 3 is 2.23 bits per heavy atom. The van der Waals surface area contributed by atoms with E-state index in [2.05, 4.69) is 0 Å². The zero-order valence-electron chi connectivity index (χ0n) is 13.5. The molecule has 1 unspecified atom stereocenters. The van der Waals surface area contributed by atoms with Crippen molar-refractivity contribution in [3.8, 4) is 0 Å². The molecule has 0 saturated carbocycles. The van der Waals surface area contributed by atoms with Crippen LogP contribution in [0.5, 0.6) is 0 Å². The Hall–Kier alpha value is -1.40. The van der Waals surface area contributed by atoms with Gasteiger partial charge in [-0.2, -0.15) is 8.42 Å². The molecule has 0 radical (unpaired) electrons. The summed E-state index contributed by atoms with van der Waals surface area (Å²) < 4.78 is 29.7. The van der Waals surface area contributed by atoms with Crippen LogP contribution in [-0.4, -0.2) is 25.6 Å². The van der Waals surface area contributed by atoms with E-state index in [-0.39, 0.29) is 16.7 Å². The minimum absolute atomic E-state index is 0.0201. The van der Waals surface area contributed by atoms with Gasteiger partial charge in [-0.1, -0.05) is 38.5 Å². The quantitative estimate of drug-likeness (QED) is 0.776. The van der Waals surface area contributed by atoms with E-state index in [1.54, 1.807) is 12.1 Å². The standard InChI is InChI=1S/C16H24O5S/c1-12-5-7-14(8-6-12)22(19,20)21-13(11-15(17)18)9-10-16(2,3)4/h5-8,13H,9-11H2,1-4H3,(H,17,18). The van der Waals surface area contributed by atoms with Gasteiger partial charge in [-0.15, -0.1) is 0 Å². The number of carboxylic acid groups (broad SMARTS) is 1. The normalized spacial score (nSPS) is 13.8. The summed E-state index contributed by atoms with van der Waals surface area (Å²) in [6.45, 7) is 7.89. The van der Waals surface area contributed by atoms with Crippen LogP contribution in [0, 0.1) is 12.3 Å². The average molecular weight is 328 g/mol. The molecule has 0 aromatic heterocycles. The predicted octanol–water partition coefficient (Wildman–Crippen LogP) is 3.37. The van der Waals surface area contributed by atoms with Crippen LogP contribution in [0.4, 0.5) is 0 Å². The van der Waals surface area contributed by atoms with E-state index in [1.807, 2.05) is 27.7 Å². The van der Waals surface area contributed by atoms with Crippen molar-refractivity contribution in [2.24, 2.45) is 5.41 Å². The van der Waals surface area contributed by atoms with Gasteiger partial charge in [0.2, 0.25) is 0 Å². The van der Waals surface area contributed by atoms with Crippen molar-refractivity contribution in [3.63, 3.8) is 0 Å². The Bertz CT molecular complexity index is 596. The molecule has 0 heterocycles. The third-order valence-electron chi connectivity index (χ3n) is 3.19. The zero-order valence-corrected chi connectivity index (χ0v) is 14.3. The summed E-state index contributed by atoms with van der Waals surface area (Å²) in [5.74, 6) is -1.07. The van der Waals surface area contributed by atoms with Crippen molar-refractivity contribution >= 4 is 16.1 Å². The van der Waals surface area contributed by atoms with Crippen LogP contribution in [0.3, 0.4) is 0 Å². The second kappa shape index (κ2) is 7.24. The number of carboxylic acids is 1. The lowest BCUT2D eigenvalue weighted by Gasteiger charge is -2.22. The number of aliphatic carboxylic acids is 1. The SMILES string of the molecule is Cc1ccc(S(=O)(=O)OC(CCC(C)(C)C)CC(=O)O)cc1. The van der Waals surface area contributed by atoms with Gasteiger partial charge in [0.25, 0.3) is 10.1 Å². The van der Waals surface area contributed by atoms with Gasteiger partial charge in [0.05, 0.1) is 17.4 Å². The third-order valence-corrected chi connectivity index (χ3v) is 4.57. The first-order chi connectivity index (χ1) is 9.99. The molecule has 0 saturated heterocycles. The van der Waals surface area contributed by atoms with E-state index in [1.165, 1.54) is 12.1 Å². The smallest absolute Gasteiger partial charge is 0.306 e. The Morgan fingerprint density at radius 1 is 1.23 bits per heavy atom. The highest BCUT2D eigenvalue weighted by Gasteiger charge is 2.25. The molecule has 124 valence electrons. The van der Waals surface area contributed by atoms with Crippen molar-refractivity contribution in [3.05, 3.63) is 29.8 Å². The summed E-state index contributed by atoms with van der Waals surface area (Å²) >= 11 is 0. The predicted molar refractivity (Wildman–Crippen MR) is 84.2 cm³/mol. The van der Waals surface area contributed by atoms with Crippen LogP contribution in [0.1, 0.15) is 45.6 Å². The summed E-state index contributed by atoms with van der Waals surface area (Å²) in [6, 6.07) is 6.29. The number of aryl methyl sites for hydroxylation is 1. The molecular weight excluding hydrogens is 304 g/mol. The van der Waals surface area contributed by atoms with Gasteiger partial charge in [0, 0.05) is 0 Å². The van der Waals surface area contributed by atoms with Crippen LogP contribution in [0.15, 0.2) is 29.2 Å². The van der Waals surface area contributed by atoms with Crippen molar-refractivity contribution in [2.45, 2.75) is 58.0 Å². The fourth-order valence-corrected chi connectivity index (χ4v) is 3.02. The zero-order chi connectivity index (χ0) is 17.0. The fraction of sp³-hybridized carbons (Fsp3) is 0.562. The Morgan fingerprint density at radius 2 is 1.77 bits per heavy atom. The van der Waals surface area contributed by atoms with Gasteiger partial charge in [-0.25, -0.2) is 0 Å². The number of hydrogen-bond acceptors (Lipinski definition) is 4. The summed E-state index contributed by atoms with van der Waals surface area (Å²) in [5.41, 5.74) is 0.919. The Balaban J connectivity index is 2.87. The van der Waals surface area contributed by atoms with Gasteiger partial charge in [0.1, 0.15) is 0 Å². The van der Waals surface area contributed by atoms with Crippen molar-refractivity contribution in [2.75, 3.05) is 0 Å². The van der Waals surface area contributed by atoms with Crippen molar-refractivity contribution in [1.29, 1.82) is 0 Å². The van der Waals surface area contributed by atoms with E-state index in [4.69, 9.17) is 9.29 Å².